The van der Waals surface area contributed by atoms with E-state index >= 15 is 0 Å². The molecule has 0 bridgehead atoms. The number of esters is 1. The Morgan fingerprint density at radius 2 is 2.05 bits per heavy atom. The van der Waals surface area contributed by atoms with Gasteiger partial charge in [0, 0.05) is 12.5 Å². The Morgan fingerprint density at radius 1 is 1.29 bits per heavy atom. The number of hydrogen-bond acceptors (Lipinski definition) is 4. The Bertz CT molecular complexity index is 549. The van der Waals surface area contributed by atoms with E-state index in [9.17, 15) is 4.79 Å². The van der Waals surface area contributed by atoms with Crippen molar-refractivity contribution in [2.24, 2.45) is 5.92 Å². The smallest absolute Gasteiger partial charge is 0.302 e. The highest BCUT2D eigenvalue weighted by molar-refractivity contribution is 5.71. The van der Waals surface area contributed by atoms with Crippen molar-refractivity contribution in [1.29, 1.82) is 0 Å². The largest absolute Gasteiger partial charge is 0.469 e. The van der Waals surface area contributed by atoms with Crippen LogP contribution in [0.3, 0.4) is 0 Å². The van der Waals surface area contributed by atoms with E-state index in [1.54, 1.807) is 0 Å². The third-order valence-corrected chi connectivity index (χ3v) is 4.06. The maximum atomic E-state index is 10.9. The molecule has 0 amide bonds. The Balaban J connectivity index is 1.69. The molecule has 3 rings (SSSR count). The van der Waals surface area contributed by atoms with Crippen molar-refractivity contribution < 1.29 is 19.0 Å². The summed E-state index contributed by atoms with van der Waals surface area (Å²) >= 11 is 0. The minimum Gasteiger partial charge on any atom is -0.469 e. The van der Waals surface area contributed by atoms with Gasteiger partial charge in [0.05, 0.1) is 12.0 Å². The van der Waals surface area contributed by atoms with Crippen LogP contribution in [-0.4, -0.2) is 25.0 Å². The first-order chi connectivity index (χ1) is 10.1. The van der Waals surface area contributed by atoms with E-state index in [1.807, 2.05) is 25.1 Å². The molecule has 0 aliphatic carbocycles. The molecule has 0 aromatic heterocycles. The van der Waals surface area contributed by atoms with Gasteiger partial charge in [-0.15, -0.1) is 0 Å². The van der Waals surface area contributed by atoms with Crippen LogP contribution in [0.1, 0.15) is 32.3 Å². The van der Waals surface area contributed by atoms with Crippen LogP contribution in [0.25, 0.3) is 5.57 Å². The van der Waals surface area contributed by atoms with E-state index in [-0.39, 0.29) is 24.3 Å². The van der Waals surface area contributed by atoms with Crippen molar-refractivity contribution in [1.82, 2.24) is 0 Å². The number of hydrogen-bond donors (Lipinski definition) is 0. The van der Waals surface area contributed by atoms with E-state index in [1.165, 1.54) is 18.1 Å². The van der Waals surface area contributed by atoms with E-state index in [4.69, 9.17) is 14.2 Å². The molecule has 1 unspecified atom stereocenters. The Kier molecular flexibility index (Phi) is 3.97. The SMILES string of the molecule is CC(=O)OCC1CC[C@@H]2C(c3ccccc3)=C(C)O[C@@H]2O1. The minimum atomic E-state index is -0.271. The summed E-state index contributed by atoms with van der Waals surface area (Å²) in [7, 11) is 0. The summed E-state index contributed by atoms with van der Waals surface area (Å²) in [6.07, 6.45) is 1.53. The zero-order chi connectivity index (χ0) is 14.8. The molecule has 0 radical (unpaired) electrons. The van der Waals surface area contributed by atoms with Gasteiger partial charge in [0.1, 0.15) is 12.4 Å². The monoisotopic (exact) mass is 288 g/mol. The summed E-state index contributed by atoms with van der Waals surface area (Å²) in [5, 5.41) is 0. The van der Waals surface area contributed by atoms with Crippen LogP contribution in [0.15, 0.2) is 36.1 Å². The molecule has 2 aliphatic heterocycles. The first-order valence-electron chi connectivity index (χ1n) is 7.37. The van der Waals surface area contributed by atoms with E-state index in [2.05, 4.69) is 12.1 Å². The van der Waals surface area contributed by atoms with Crippen molar-refractivity contribution in [2.75, 3.05) is 6.61 Å². The van der Waals surface area contributed by atoms with Gasteiger partial charge < -0.3 is 14.2 Å². The first-order valence-corrected chi connectivity index (χ1v) is 7.37. The third-order valence-electron chi connectivity index (χ3n) is 4.06. The van der Waals surface area contributed by atoms with Crippen LogP contribution in [0, 0.1) is 5.92 Å². The predicted molar refractivity (Wildman–Crippen MR) is 78.1 cm³/mol. The molecule has 0 spiro atoms. The second kappa shape index (κ2) is 5.90. The van der Waals surface area contributed by atoms with Gasteiger partial charge in [-0.25, -0.2) is 0 Å². The van der Waals surface area contributed by atoms with E-state index in [0.29, 0.717) is 6.61 Å². The summed E-state index contributed by atoms with van der Waals surface area (Å²) in [6.45, 7) is 3.71. The molecule has 1 aromatic carbocycles. The highest BCUT2D eigenvalue weighted by Crippen LogP contribution is 2.44. The third kappa shape index (κ3) is 2.95. The zero-order valence-electron chi connectivity index (χ0n) is 12.4. The van der Waals surface area contributed by atoms with Gasteiger partial charge in [-0.1, -0.05) is 30.3 Å². The quantitative estimate of drug-likeness (QED) is 0.802. The fourth-order valence-electron chi connectivity index (χ4n) is 3.11. The van der Waals surface area contributed by atoms with Gasteiger partial charge in [0.25, 0.3) is 0 Å². The molecular formula is C17H20O4. The minimum absolute atomic E-state index is 0.0712. The van der Waals surface area contributed by atoms with Crippen LogP contribution >= 0.6 is 0 Å². The second-order valence-corrected chi connectivity index (χ2v) is 5.57. The number of benzene rings is 1. The standard InChI is InChI=1S/C17H20O4/c1-11-16(13-6-4-3-5-7-13)15-9-8-14(10-19-12(2)18)21-17(15)20-11/h3-7,14-15,17H,8-10H2,1-2H3/t14?,15-,17-/m1/s1. The fourth-order valence-corrected chi connectivity index (χ4v) is 3.11. The summed E-state index contributed by atoms with van der Waals surface area (Å²) in [6, 6.07) is 10.3. The Labute approximate surface area is 124 Å². The van der Waals surface area contributed by atoms with Gasteiger partial charge >= 0.3 is 5.97 Å². The van der Waals surface area contributed by atoms with Gasteiger partial charge in [-0.05, 0) is 25.3 Å². The first kappa shape index (κ1) is 14.1. The van der Waals surface area contributed by atoms with Crippen LogP contribution in [-0.2, 0) is 19.0 Å². The number of carbonyl (C=O) groups is 1. The maximum absolute atomic E-state index is 10.9. The summed E-state index contributed by atoms with van der Waals surface area (Å²) in [4.78, 5) is 10.9. The summed E-state index contributed by atoms with van der Waals surface area (Å²) in [5.74, 6) is 0.928. The lowest BCUT2D eigenvalue weighted by molar-refractivity contribution is -0.194. The molecule has 3 atom stereocenters. The average molecular weight is 288 g/mol. The topological polar surface area (TPSA) is 44.8 Å². The van der Waals surface area contributed by atoms with Gasteiger partial charge in [-0.2, -0.15) is 0 Å². The summed E-state index contributed by atoms with van der Waals surface area (Å²) in [5.41, 5.74) is 2.44. The highest BCUT2D eigenvalue weighted by Gasteiger charge is 2.41. The number of fused-ring (bicyclic) bond motifs is 1. The molecule has 4 heteroatoms. The lowest BCUT2D eigenvalue weighted by Gasteiger charge is -2.32. The fraction of sp³-hybridized carbons (Fsp3) is 0.471. The number of ether oxygens (including phenoxy) is 3. The van der Waals surface area contributed by atoms with E-state index in [0.717, 1.165) is 18.6 Å². The van der Waals surface area contributed by atoms with Crippen LogP contribution in [0.4, 0.5) is 0 Å². The van der Waals surface area contributed by atoms with Crippen molar-refractivity contribution >= 4 is 11.5 Å². The number of rotatable bonds is 3. The van der Waals surface area contributed by atoms with Crippen molar-refractivity contribution in [3.8, 4) is 0 Å². The number of allylic oxidation sites excluding steroid dienone is 1. The summed E-state index contributed by atoms with van der Waals surface area (Å²) < 4.78 is 16.9. The second-order valence-electron chi connectivity index (χ2n) is 5.57. The molecule has 21 heavy (non-hydrogen) atoms. The predicted octanol–water partition coefficient (Wildman–Crippen LogP) is 3.13. The van der Waals surface area contributed by atoms with Gasteiger partial charge in [0.15, 0.2) is 0 Å². The molecule has 1 fully saturated rings. The van der Waals surface area contributed by atoms with Crippen LogP contribution in [0.2, 0.25) is 0 Å². The molecule has 2 heterocycles. The van der Waals surface area contributed by atoms with Gasteiger partial charge in [-0.3, -0.25) is 4.79 Å². The van der Waals surface area contributed by atoms with Crippen molar-refractivity contribution in [3.63, 3.8) is 0 Å². The maximum Gasteiger partial charge on any atom is 0.302 e. The zero-order valence-corrected chi connectivity index (χ0v) is 12.4. The molecule has 0 saturated carbocycles. The average Bonchev–Trinajstić information content (AvgIpc) is 2.81. The molecule has 112 valence electrons. The molecule has 1 saturated heterocycles. The molecular weight excluding hydrogens is 268 g/mol. The number of carbonyl (C=O) groups excluding carboxylic acids is 1. The van der Waals surface area contributed by atoms with Crippen molar-refractivity contribution in [3.05, 3.63) is 41.7 Å². The molecule has 1 aromatic rings. The highest BCUT2D eigenvalue weighted by atomic mass is 16.7. The molecule has 4 nitrogen and oxygen atoms in total. The Morgan fingerprint density at radius 3 is 2.76 bits per heavy atom. The normalized spacial score (nSPS) is 28.0. The molecule has 0 N–H and O–H groups in total. The van der Waals surface area contributed by atoms with E-state index < -0.39 is 0 Å². The van der Waals surface area contributed by atoms with Crippen LogP contribution < -0.4 is 0 Å². The molecule has 2 aliphatic rings. The Hall–Kier alpha value is -1.81. The lowest BCUT2D eigenvalue weighted by Crippen LogP contribution is -2.36. The van der Waals surface area contributed by atoms with Gasteiger partial charge in [0.2, 0.25) is 6.29 Å². The van der Waals surface area contributed by atoms with Crippen molar-refractivity contribution in [2.45, 2.75) is 39.1 Å². The van der Waals surface area contributed by atoms with Crippen LogP contribution in [0.5, 0.6) is 0 Å². The lowest BCUT2D eigenvalue weighted by atomic mass is 9.87.